The summed E-state index contributed by atoms with van der Waals surface area (Å²) >= 11 is 18.3. The molecular formula is C23H22Cl3F3N4O. The van der Waals surface area contributed by atoms with Gasteiger partial charge in [0.05, 0.1) is 16.8 Å². The molecule has 0 saturated carbocycles. The molecule has 2 aliphatic heterocycles. The summed E-state index contributed by atoms with van der Waals surface area (Å²) in [5, 5.41) is 7.83. The summed E-state index contributed by atoms with van der Waals surface area (Å²) in [6.45, 7) is 1.14. The number of nitrogens with zero attached hydrogens (tertiary/aromatic N) is 3. The molecule has 34 heavy (non-hydrogen) atoms. The van der Waals surface area contributed by atoms with Crippen LogP contribution < -0.4 is 10.4 Å². The van der Waals surface area contributed by atoms with Crippen molar-refractivity contribution in [2.45, 2.75) is 37.9 Å². The molecule has 182 valence electrons. The summed E-state index contributed by atoms with van der Waals surface area (Å²) < 4.78 is 43.5. The van der Waals surface area contributed by atoms with Crippen LogP contribution in [0.1, 0.15) is 37.3 Å². The fourth-order valence-corrected chi connectivity index (χ4v) is 4.92. The fourth-order valence-electron chi connectivity index (χ4n) is 4.30. The lowest BCUT2D eigenvalue weighted by Gasteiger charge is -2.30. The van der Waals surface area contributed by atoms with Crippen molar-refractivity contribution < 1.29 is 18.0 Å². The van der Waals surface area contributed by atoms with E-state index in [1.807, 2.05) is 0 Å². The van der Waals surface area contributed by atoms with Gasteiger partial charge in [-0.2, -0.15) is 18.3 Å². The van der Waals surface area contributed by atoms with Gasteiger partial charge in [0.15, 0.2) is 0 Å². The van der Waals surface area contributed by atoms with E-state index in [4.69, 9.17) is 34.8 Å². The summed E-state index contributed by atoms with van der Waals surface area (Å²) in [7, 11) is 0. The fraction of sp³-hybridized carbons (Fsp3) is 0.391. The Balaban J connectivity index is 1.78. The monoisotopic (exact) mass is 532 g/mol. The normalized spacial score (nSPS) is 21.8. The Hall–Kier alpha value is -2.00. The molecule has 1 N–H and O–H groups in total. The van der Waals surface area contributed by atoms with Crippen LogP contribution in [-0.2, 0) is 4.79 Å². The standard InChI is InChI=1S/C23H22Cl3F3N4O/c24-15-7-5-14(6-8-15)21-19(23(27,28)29)20(22(34)31-32-11-3-1-2-4-12-32)30-33(21)18-10-9-16(25)13-17(18)26/h5-10,13,19,21H,1-4,11-12H2,(H,31,34)/t19-,21+/m1/s1. The molecule has 1 amide bonds. The molecule has 0 unspecified atom stereocenters. The molecule has 5 nitrogen and oxygen atoms in total. The van der Waals surface area contributed by atoms with Crippen molar-refractivity contribution in [3.8, 4) is 0 Å². The Morgan fingerprint density at radius 1 is 0.941 bits per heavy atom. The lowest BCUT2D eigenvalue weighted by Crippen LogP contribution is -2.49. The van der Waals surface area contributed by atoms with E-state index < -0.39 is 29.8 Å². The van der Waals surface area contributed by atoms with Crippen molar-refractivity contribution in [1.29, 1.82) is 0 Å². The summed E-state index contributed by atoms with van der Waals surface area (Å²) in [5.41, 5.74) is 2.52. The van der Waals surface area contributed by atoms with E-state index in [9.17, 15) is 18.0 Å². The topological polar surface area (TPSA) is 47.9 Å². The quantitative estimate of drug-likeness (QED) is 0.479. The van der Waals surface area contributed by atoms with Crippen molar-refractivity contribution in [1.82, 2.24) is 10.4 Å². The molecule has 2 aromatic carbocycles. The summed E-state index contributed by atoms with van der Waals surface area (Å²) in [5.74, 6) is -3.07. The molecule has 0 radical (unpaired) electrons. The van der Waals surface area contributed by atoms with Gasteiger partial charge >= 0.3 is 6.18 Å². The summed E-state index contributed by atoms with van der Waals surface area (Å²) in [4.78, 5) is 13.1. The first kappa shape index (κ1) is 25.1. The van der Waals surface area contributed by atoms with E-state index in [-0.39, 0.29) is 10.7 Å². The molecule has 0 spiro atoms. The third-order valence-corrected chi connectivity index (χ3v) is 6.70. The highest BCUT2D eigenvalue weighted by Crippen LogP contribution is 2.48. The van der Waals surface area contributed by atoms with E-state index in [0.29, 0.717) is 28.7 Å². The molecule has 0 aromatic heterocycles. The van der Waals surface area contributed by atoms with Gasteiger partial charge in [-0.15, -0.1) is 0 Å². The molecule has 2 atom stereocenters. The van der Waals surface area contributed by atoms with Gasteiger partial charge in [-0.25, -0.2) is 5.01 Å². The molecule has 0 bridgehead atoms. The van der Waals surface area contributed by atoms with Crippen LogP contribution in [0.3, 0.4) is 0 Å². The number of hydrogen-bond donors (Lipinski definition) is 1. The van der Waals surface area contributed by atoms with Crippen molar-refractivity contribution in [2.24, 2.45) is 11.0 Å². The van der Waals surface area contributed by atoms with E-state index >= 15 is 0 Å². The van der Waals surface area contributed by atoms with Gasteiger partial charge in [-0.3, -0.25) is 15.2 Å². The van der Waals surface area contributed by atoms with Crippen LogP contribution in [-0.4, -0.2) is 35.9 Å². The molecule has 1 saturated heterocycles. The molecular weight excluding hydrogens is 512 g/mol. The largest absolute Gasteiger partial charge is 0.399 e. The first-order chi connectivity index (χ1) is 16.1. The number of amides is 1. The number of halogens is 6. The smallest absolute Gasteiger partial charge is 0.284 e. The van der Waals surface area contributed by atoms with Crippen LogP contribution in [0.25, 0.3) is 0 Å². The van der Waals surface area contributed by atoms with E-state index in [1.165, 1.54) is 42.5 Å². The Labute approximate surface area is 210 Å². The number of nitrogens with one attached hydrogen (secondary N) is 1. The number of hydrazone groups is 1. The highest BCUT2D eigenvalue weighted by molar-refractivity contribution is 6.41. The van der Waals surface area contributed by atoms with Crippen LogP contribution in [0.2, 0.25) is 15.1 Å². The van der Waals surface area contributed by atoms with Crippen LogP contribution in [0.15, 0.2) is 47.6 Å². The molecule has 0 aliphatic carbocycles. The van der Waals surface area contributed by atoms with Crippen LogP contribution in [0.4, 0.5) is 18.9 Å². The second-order valence-corrected chi connectivity index (χ2v) is 9.56. The van der Waals surface area contributed by atoms with Gasteiger partial charge < -0.3 is 0 Å². The van der Waals surface area contributed by atoms with Gasteiger partial charge in [-0.1, -0.05) is 59.8 Å². The zero-order chi connectivity index (χ0) is 24.5. The lowest BCUT2D eigenvalue weighted by atomic mass is 9.88. The number of hydrogen-bond acceptors (Lipinski definition) is 4. The minimum Gasteiger partial charge on any atom is -0.284 e. The number of rotatable bonds is 4. The average molecular weight is 534 g/mol. The van der Waals surface area contributed by atoms with Gasteiger partial charge in [0.25, 0.3) is 5.91 Å². The lowest BCUT2D eigenvalue weighted by molar-refractivity contribution is -0.160. The molecule has 4 rings (SSSR count). The Morgan fingerprint density at radius 3 is 2.15 bits per heavy atom. The highest BCUT2D eigenvalue weighted by Gasteiger charge is 2.56. The van der Waals surface area contributed by atoms with E-state index in [1.54, 1.807) is 5.01 Å². The Bertz CT molecular complexity index is 1070. The molecule has 11 heteroatoms. The average Bonchev–Trinajstić information content (AvgIpc) is 2.99. The van der Waals surface area contributed by atoms with E-state index in [0.717, 1.165) is 30.7 Å². The van der Waals surface area contributed by atoms with Crippen molar-refractivity contribution >= 4 is 52.1 Å². The maximum Gasteiger partial charge on any atom is 0.399 e. The first-order valence-electron chi connectivity index (χ1n) is 10.9. The number of benzene rings is 2. The van der Waals surface area contributed by atoms with Gasteiger partial charge in [0.1, 0.15) is 11.6 Å². The predicted octanol–water partition coefficient (Wildman–Crippen LogP) is 6.65. The van der Waals surface area contributed by atoms with Crippen LogP contribution >= 0.6 is 34.8 Å². The number of alkyl halides is 3. The highest BCUT2D eigenvalue weighted by atomic mass is 35.5. The Morgan fingerprint density at radius 2 is 1.56 bits per heavy atom. The minimum absolute atomic E-state index is 0.116. The predicted molar refractivity (Wildman–Crippen MR) is 128 cm³/mol. The summed E-state index contributed by atoms with van der Waals surface area (Å²) in [6, 6.07) is 9.05. The number of anilines is 1. The zero-order valence-electron chi connectivity index (χ0n) is 18.0. The second kappa shape index (κ2) is 10.3. The third kappa shape index (κ3) is 5.46. The van der Waals surface area contributed by atoms with Crippen LogP contribution in [0.5, 0.6) is 0 Å². The van der Waals surface area contributed by atoms with Crippen molar-refractivity contribution in [2.75, 3.05) is 18.1 Å². The van der Waals surface area contributed by atoms with Gasteiger partial charge in [0, 0.05) is 23.1 Å². The second-order valence-electron chi connectivity index (χ2n) is 8.28. The van der Waals surface area contributed by atoms with Crippen molar-refractivity contribution in [3.05, 3.63) is 63.1 Å². The van der Waals surface area contributed by atoms with Gasteiger partial charge in [0.2, 0.25) is 0 Å². The maximum atomic E-state index is 14.5. The number of hydrazine groups is 1. The molecule has 2 aliphatic rings. The first-order valence-corrected chi connectivity index (χ1v) is 12.0. The van der Waals surface area contributed by atoms with Crippen molar-refractivity contribution in [3.63, 3.8) is 0 Å². The zero-order valence-corrected chi connectivity index (χ0v) is 20.2. The number of carbonyl (C=O) groups excluding carboxylic acids is 1. The molecule has 1 fully saturated rings. The van der Waals surface area contributed by atoms with Crippen LogP contribution in [0, 0.1) is 5.92 Å². The van der Waals surface area contributed by atoms with Gasteiger partial charge in [-0.05, 0) is 48.7 Å². The van der Waals surface area contributed by atoms with E-state index in [2.05, 4.69) is 10.5 Å². The third-order valence-electron chi connectivity index (χ3n) is 5.91. The molecule has 2 aromatic rings. The SMILES string of the molecule is O=C(NN1CCCCCC1)C1=NN(c2ccc(Cl)cc2Cl)[C@@H](c2ccc(Cl)cc2)[C@@H]1C(F)(F)F. The molecule has 2 heterocycles. The number of carbonyl (C=O) groups is 1. The Kier molecular flexibility index (Phi) is 7.62. The maximum absolute atomic E-state index is 14.5. The summed E-state index contributed by atoms with van der Waals surface area (Å²) in [6.07, 6.45) is -1.02. The minimum atomic E-state index is -4.76.